The summed E-state index contributed by atoms with van der Waals surface area (Å²) in [6.07, 6.45) is 3.76. The second kappa shape index (κ2) is 5.83. The number of ether oxygens (including phenoxy) is 1. The van der Waals surface area contributed by atoms with Crippen molar-refractivity contribution >= 4 is 21.8 Å². The number of benzene rings is 1. The van der Waals surface area contributed by atoms with Crippen molar-refractivity contribution in [2.45, 2.75) is 13.5 Å². The lowest BCUT2D eigenvalue weighted by Gasteiger charge is -2.26. The summed E-state index contributed by atoms with van der Waals surface area (Å²) >= 11 is 0. The second-order valence-corrected chi connectivity index (χ2v) is 6.16. The highest BCUT2D eigenvalue weighted by Crippen LogP contribution is 2.33. The van der Waals surface area contributed by atoms with E-state index in [0.29, 0.717) is 5.75 Å². The van der Waals surface area contributed by atoms with Crippen molar-refractivity contribution < 1.29 is 9.84 Å². The zero-order valence-corrected chi connectivity index (χ0v) is 13.3. The van der Waals surface area contributed by atoms with Crippen molar-refractivity contribution in [1.29, 1.82) is 0 Å². The van der Waals surface area contributed by atoms with E-state index in [1.807, 2.05) is 31.5 Å². The Morgan fingerprint density at radius 3 is 2.83 bits per heavy atom. The Labute approximate surface area is 135 Å². The largest absolute Gasteiger partial charge is 0.508 e. The van der Waals surface area contributed by atoms with Gasteiger partial charge in [0, 0.05) is 49.2 Å². The van der Waals surface area contributed by atoms with Gasteiger partial charge in [-0.15, -0.1) is 0 Å². The fourth-order valence-corrected chi connectivity index (χ4v) is 3.56. The lowest BCUT2D eigenvalue weighted by atomic mass is 10.1. The summed E-state index contributed by atoms with van der Waals surface area (Å²) in [5.41, 5.74) is 3.31. The Morgan fingerprint density at radius 1 is 1.17 bits per heavy atom. The number of rotatable bonds is 3. The molecule has 120 valence electrons. The first-order valence-electron chi connectivity index (χ1n) is 8.09. The Morgan fingerprint density at radius 2 is 2.00 bits per heavy atom. The smallest absolute Gasteiger partial charge is 0.117 e. The third-order valence-electron chi connectivity index (χ3n) is 4.69. The van der Waals surface area contributed by atoms with Crippen molar-refractivity contribution in [3.63, 3.8) is 0 Å². The van der Waals surface area contributed by atoms with Gasteiger partial charge in [0.1, 0.15) is 5.75 Å². The highest BCUT2D eigenvalue weighted by atomic mass is 16.5. The van der Waals surface area contributed by atoms with E-state index in [4.69, 9.17) is 4.74 Å². The monoisotopic (exact) mass is 311 g/mol. The minimum Gasteiger partial charge on any atom is -0.508 e. The molecule has 0 spiro atoms. The fourth-order valence-electron chi connectivity index (χ4n) is 3.56. The van der Waals surface area contributed by atoms with Gasteiger partial charge in [-0.1, -0.05) is 0 Å². The average molecular weight is 311 g/mol. The molecule has 1 fully saturated rings. The number of aryl methyl sites for hydroxylation is 1. The summed E-state index contributed by atoms with van der Waals surface area (Å²) in [5.74, 6) is 0.318. The first-order valence-corrected chi connectivity index (χ1v) is 8.09. The maximum Gasteiger partial charge on any atom is 0.117 e. The number of nitrogens with zero attached hydrogens (tertiary/aromatic N) is 3. The van der Waals surface area contributed by atoms with Crippen LogP contribution in [0.25, 0.3) is 21.8 Å². The highest BCUT2D eigenvalue weighted by molar-refractivity contribution is 6.09. The minimum atomic E-state index is 0.318. The maximum absolute atomic E-state index is 10.0. The van der Waals surface area contributed by atoms with Crippen LogP contribution in [0.1, 0.15) is 5.56 Å². The predicted molar refractivity (Wildman–Crippen MR) is 90.9 cm³/mol. The van der Waals surface area contributed by atoms with Crippen LogP contribution in [0.4, 0.5) is 0 Å². The molecule has 0 radical (unpaired) electrons. The van der Waals surface area contributed by atoms with Crippen molar-refractivity contribution in [2.75, 3.05) is 32.8 Å². The molecule has 5 heteroatoms. The Balaban J connectivity index is 1.79. The van der Waals surface area contributed by atoms with Gasteiger partial charge >= 0.3 is 0 Å². The molecule has 2 aromatic heterocycles. The number of phenols is 1. The second-order valence-electron chi connectivity index (χ2n) is 6.16. The lowest BCUT2D eigenvalue weighted by Crippen LogP contribution is -2.38. The fraction of sp³-hybridized carbons (Fsp3) is 0.389. The number of pyridine rings is 1. The number of fused-ring (bicyclic) bond motifs is 3. The number of morpholine rings is 1. The number of hydrogen-bond donors (Lipinski definition) is 1. The molecule has 1 saturated heterocycles. The maximum atomic E-state index is 10.0. The van der Waals surface area contributed by atoms with Gasteiger partial charge < -0.3 is 14.4 Å². The molecule has 0 bridgehead atoms. The number of aromatic nitrogens is 2. The normalized spacial score (nSPS) is 16.4. The van der Waals surface area contributed by atoms with Crippen LogP contribution in [-0.2, 0) is 11.3 Å². The van der Waals surface area contributed by atoms with Gasteiger partial charge in [-0.3, -0.25) is 9.88 Å². The zero-order chi connectivity index (χ0) is 15.8. The molecule has 3 aromatic rings. The summed E-state index contributed by atoms with van der Waals surface area (Å²) in [5, 5.41) is 12.4. The number of hydrogen-bond acceptors (Lipinski definition) is 4. The van der Waals surface area contributed by atoms with Gasteiger partial charge in [-0.2, -0.15) is 0 Å². The highest BCUT2D eigenvalue weighted by Gasteiger charge is 2.15. The topological polar surface area (TPSA) is 50.5 Å². The van der Waals surface area contributed by atoms with Gasteiger partial charge in [0.15, 0.2) is 0 Å². The molecule has 23 heavy (non-hydrogen) atoms. The third-order valence-corrected chi connectivity index (χ3v) is 4.69. The molecule has 4 rings (SSSR count). The number of aromatic hydroxyl groups is 1. The Hall–Kier alpha value is -2.11. The molecule has 0 amide bonds. The summed E-state index contributed by atoms with van der Waals surface area (Å²) < 4.78 is 7.69. The van der Waals surface area contributed by atoms with E-state index < -0.39 is 0 Å². The quantitative estimate of drug-likeness (QED) is 0.807. The molecule has 5 nitrogen and oxygen atoms in total. The van der Waals surface area contributed by atoms with Crippen LogP contribution in [0.5, 0.6) is 5.75 Å². The van der Waals surface area contributed by atoms with Crippen LogP contribution in [0, 0.1) is 6.92 Å². The summed E-state index contributed by atoms with van der Waals surface area (Å²) in [7, 11) is 0. The van der Waals surface area contributed by atoms with Crippen LogP contribution >= 0.6 is 0 Å². The van der Waals surface area contributed by atoms with Gasteiger partial charge in [0.05, 0.1) is 30.4 Å². The van der Waals surface area contributed by atoms with Crippen LogP contribution in [0.2, 0.25) is 0 Å². The molecule has 0 saturated carbocycles. The molecule has 1 N–H and O–H groups in total. The van der Waals surface area contributed by atoms with Gasteiger partial charge in [-0.05, 0) is 24.6 Å². The molecular weight excluding hydrogens is 290 g/mol. The van der Waals surface area contributed by atoms with Crippen LogP contribution < -0.4 is 0 Å². The van der Waals surface area contributed by atoms with E-state index in [1.54, 1.807) is 0 Å². The van der Waals surface area contributed by atoms with E-state index in [1.165, 1.54) is 10.8 Å². The standard InChI is InChI=1S/C18H21N3O2/c1-13-10-14(22)11-16-18(13)15-2-3-19-12-17(15)21(16)5-4-20-6-8-23-9-7-20/h2-3,10-12,22H,4-9H2,1H3. The number of phenolic OH excluding ortho intramolecular Hbond substituents is 1. The molecule has 0 unspecified atom stereocenters. The van der Waals surface area contributed by atoms with E-state index in [-0.39, 0.29) is 0 Å². The first-order chi connectivity index (χ1) is 11.2. The minimum absolute atomic E-state index is 0.318. The molecular formula is C18H21N3O2. The molecule has 1 aliphatic heterocycles. The Kier molecular flexibility index (Phi) is 3.67. The van der Waals surface area contributed by atoms with Crippen LogP contribution in [0.15, 0.2) is 30.6 Å². The van der Waals surface area contributed by atoms with Crippen molar-refractivity contribution in [3.8, 4) is 5.75 Å². The van der Waals surface area contributed by atoms with Crippen molar-refractivity contribution in [2.24, 2.45) is 0 Å². The summed E-state index contributed by atoms with van der Waals surface area (Å²) in [6.45, 7) is 7.51. The third kappa shape index (κ3) is 2.56. The average Bonchev–Trinajstić information content (AvgIpc) is 2.87. The SMILES string of the molecule is Cc1cc(O)cc2c1c1ccncc1n2CCN1CCOCC1. The molecule has 1 aliphatic rings. The lowest BCUT2D eigenvalue weighted by molar-refractivity contribution is 0.0366. The van der Waals surface area contributed by atoms with E-state index in [9.17, 15) is 5.11 Å². The van der Waals surface area contributed by atoms with E-state index >= 15 is 0 Å². The van der Waals surface area contributed by atoms with Crippen LogP contribution in [0.3, 0.4) is 0 Å². The van der Waals surface area contributed by atoms with Gasteiger partial charge in [0.2, 0.25) is 0 Å². The molecule has 3 heterocycles. The zero-order valence-electron chi connectivity index (χ0n) is 13.3. The van der Waals surface area contributed by atoms with Crippen molar-refractivity contribution in [1.82, 2.24) is 14.5 Å². The first kappa shape index (κ1) is 14.5. The molecule has 1 aromatic carbocycles. The molecule has 0 atom stereocenters. The summed E-state index contributed by atoms with van der Waals surface area (Å²) in [6, 6.07) is 5.75. The van der Waals surface area contributed by atoms with E-state index in [2.05, 4.69) is 20.5 Å². The van der Waals surface area contributed by atoms with Crippen LogP contribution in [-0.4, -0.2) is 52.4 Å². The molecule has 0 aliphatic carbocycles. The van der Waals surface area contributed by atoms with Gasteiger partial charge in [-0.25, -0.2) is 0 Å². The van der Waals surface area contributed by atoms with E-state index in [0.717, 1.165) is 56.0 Å². The Bertz CT molecular complexity index is 850. The van der Waals surface area contributed by atoms with Gasteiger partial charge in [0.25, 0.3) is 0 Å². The predicted octanol–water partition coefficient (Wildman–Crippen LogP) is 2.54. The van der Waals surface area contributed by atoms with Crippen molar-refractivity contribution in [3.05, 3.63) is 36.2 Å². The summed E-state index contributed by atoms with van der Waals surface area (Å²) in [4.78, 5) is 6.72.